The van der Waals surface area contributed by atoms with Crippen molar-refractivity contribution in [2.24, 2.45) is 0 Å². The highest BCUT2D eigenvalue weighted by Crippen LogP contribution is 2.26. The fourth-order valence-corrected chi connectivity index (χ4v) is 5.30. The first-order valence-electron chi connectivity index (χ1n) is 10.8. The van der Waals surface area contributed by atoms with Gasteiger partial charge in [-0.3, -0.25) is 14.4 Å². The number of hydrogen-bond acceptors (Lipinski definition) is 5. The maximum Gasteiger partial charge on any atom is 0.274 e. The molecule has 2 aromatic carbocycles. The minimum atomic E-state index is -0.544. The average Bonchev–Trinajstić information content (AvgIpc) is 3.18. The lowest BCUT2D eigenvalue weighted by Crippen LogP contribution is -2.25. The second kappa shape index (κ2) is 10.1. The van der Waals surface area contributed by atoms with Crippen molar-refractivity contribution in [2.45, 2.75) is 33.6 Å². The van der Waals surface area contributed by atoms with Gasteiger partial charge in [-0.05, 0) is 78.3 Å². The van der Waals surface area contributed by atoms with Crippen molar-refractivity contribution < 1.29 is 9.59 Å². The summed E-state index contributed by atoms with van der Waals surface area (Å²) in [4.78, 5) is 44.8. The molecule has 4 aromatic rings. The van der Waals surface area contributed by atoms with E-state index in [2.05, 4.69) is 38.2 Å². The minimum absolute atomic E-state index is 0.0235. The van der Waals surface area contributed by atoms with Crippen LogP contribution in [0.3, 0.4) is 0 Å². The molecule has 0 saturated heterocycles. The number of halogens is 1. The van der Waals surface area contributed by atoms with Crippen LogP contribution in [0.25, 0.3) is 4.96 Å². The van der Waals surface area contributed by atoms with Gasteiger partial charge in [-0.2, -0.15) is 0 Å². The summed E-state index contributed by atoms with van der Waals surface area (Å²) in [5, 5.41) is 5.74. The molecule has 7 nitrogen and oxygen atoms in total. The van der Waals surface area contributed by atoms with Gasteiger partial charge in [-0.1, -0.05) is 42.9 Å². The highest BCUT2D eigenvalue weighted by atomic mass is 127. The monoisotopic (exact) mass is 586 g/mol. The molecule has 2 N–H and O–H groups in total. The number of benzene rings is 2. The van der Waals surface area contributed by atoms with Gasteiger partial charge in [0.2, 0.25) is 0 Å². The Bertz CT molecular complexity index is 1480. The molecule has 0 aliphatic heterocycles. The topological polar surface area (TPSA) is 92.6 Å². The van der Waals surface area contributed by atoms with Crippen molar-refractivity contribution >= 4 is 62.1 Å². The first-order chi connectivity index (χ1) is 16.3. The van der Waals surface area contributed by atoms with Crippen LogP contribution in [0.1, 0.15) is 50.3 Å². The van der Waals surface area contributed by atoms with Crippen LogP contribution in [-0.2, 0) is 6.42 Å². The third kappa shape index (κ3) is 4.90. The Hall–Kier alpha value is -3.05. The van der Waals surface area contributed by atoms with E-state index in [0.717, 1.165) is 32.5 Å². The van der Waals surface area contributed by atoms with Gasteiger partial charge in [-0.25, -0.2) is 9.38 Å². The molecule has 34 heavy (non-hydrogen) atoms. The van der Waals surface area contributed by atoms with Gasteiger partial charge in [0.15, 0.2) is 4.96 Å². The largest absolute Gasteiger partial charge is 0.321 e. The highest BCUT2D eigenvalue weighted by Gasteiger charge is 2.27. The summed E-state index contributed by atoms with van der Waals surface area (Å²) in [5.41, 5.74) is 3.24. The molecule has 0 aliphatic carbocycles. The van der Waals surface area contributed by atoms with Crippen molar-refractivity contribution in [3.8, 4) is 0 Å². The molecule has 0 atom stereocenters. The lowest BCUT2D eigenvalue weighted by molar-refractivity contribution is 0.0989. The molecule has 0 unspecified atom stereocenters. The first-order valence-corrected chi connectivity index (χ1v) is 12.7. The number of nitrogens with zero attached hydrogens (tertiary/aromatic N) is 2. The summed E-state index contributed by atoms with van der Waals surface area (Å²) in [7, 11) is 0. The lowest BCUT2D eigenvalue weighted by atomic mass is 10.2. The van der Waals surface area contributed by atoms with E-state index >= 15 is 0 Å². The van der Waals surface area contributed by atoms with Crippen molar-refractivity contribution in [2.75, 3.05) is 10.6 Å². The van der Waals surface area contributed by atoms with Crippen molar-refractivity contribution in [3.05, 3.63) is 89.8 Å². The molecule has 0 aliphatic rings. The summed E-state index contributed by atoms with van der Waals surface area (Å²) in [5.74, 6) is -1.01. The van der Waals surface area contributed by atoms with Gasteiger partial charge < -0.3 is 10.6 Å². The number of aryl methyl sites for hydroxylation is 3. The Morgan fingerprint density at radius 3 is 2.41 bits per heavy atom. The Kier molecular flexibility index (Phi) is 7.13. The van der Waals surface area contributed by atoms with E-state index in [1.54, 1.807) is 12.1 Å². The maximum atomic E-state index is 13.5. The second-order valence-corrected chi connectivity index (χ2v) is 10.1. The smallest absolute Gasteiger partial charge is 0.274 e. The summed E-state index contributed by atoms with van der Waals surface area (Å²) >= 11 is 3.24. The van der Waals surface area contributed by atoms with E-state index in [4.69, 9.17) is 0 Å². The van der Waals surface area contributed by atoms with Gasteiger partial charge in [0.25, 0.3) is 17.4 Å². The molecule has 9 heteroatoms. The van der Waals surface area contributed by atoms with E-state index in [9.17, 15) is 14.4 Å². The molecule has 4 rings (SSSR count). The van der Waals surface area contributed by atoms with Crippen LogP contribution in [0, 0.1) is 17.4 Å². The number of rotatable bonds is 6. The predicted octanol–water partition coefficient (Wildman–Crippen LogP) is 5.43. The Morgan fingerprint density at radius 1 is 1.00 bits per heavy atom. The summed E-state index contributed by atoms with van der Waals surface area (Å²) < 4.78 is 2.27. The molecule has 0 fully saturated rings. The molecule has 0 saturated carbocycles. The predicted molar refractivity (Wildman–Crippen MR) is 144 cm³/mol. The van der Waals surface area contributed by atoms with Crippen LogP contribution in [0.15, 0.2) is 53.3 Å². The molecular formula is C25H23IN4O3S. The van der Waals surface area contributed by atoms with Gasteiger partial charge >= 0.3 is 0 Å². The summed E-state index contributed by atoms with van der Waals surface area (Å²) in [6.45, 7) is 5.78. The number of carbonyl (C=O) groups is 2. The molecule has 174 valence electrons. The zero-order valence-electron chi connectivity index (χ0n) is 18.9. The molecular weight excluding hydrogens is 563 g/mol. The quantitative estimate of drug-likeness (QED) is 0.295. The van der Waals surface area contributed by atoms with Crippen LogP contribution in [0.2, 0.25) is 0 Å². The van der Waals surface area contributed by atoms with Crippen LogP contribution < -0.4 is 16.2 Å². The average molecular weight is 586 g/mol. The lowest BCUT2D eigenvalue weighted by Gasteiger charge is -2.11. The van der Waals surface area contributed by atoms with Gasteiger partial charge in [0, 0.05) is 26.7 Å². The highest BCUT2D eigenvalue weighted by molar-refractivity contribution is 14.1. The fraction of sp³-hybridized carbons (Fsp3) is 0.200. The summed E-state index contributed by atoms with van der Waals surface area (Å²) in [6, 6.07) is 14.4. The standard InChI is InChI=1S/C25H23IN4O3S/c1-4-7-17-13-20(31)30-21(23(32)28-19-11-10-16(26)12-15(19)3)22(34-25(30)27-17)24(33)29-18-9-6-5-8-14(18)2/h5-6,8-13H,4,7H2,1-3H3,(H,28,32)(H,29,33). The number of thiazole rings is 1. The van der Waals surface area contributed by atoms with Gasteiger partial charge in [0.1, 0.15) is 10.6 Å². The molecule has 2 aromatic heterocycles. The Labute approximate surface area is 214 Å². The van der Waals surface area contributed by atoms with Crippen molar-refractivity contribution in [3.63, 3.8) is 0 Å². The summed E-state index contributed by atoms with van der Waals surface area (Å²) in [6.07, 6.45) is 1.46. The third-order valence-electron chi connectivity index (χ3n) is 5.33. The van der Waals surface area contributed by atoms with Crippen LogP contribution in [0.5, 0.6) is 0 Å². The normalized spacial score (nSPS) is 10.9. The second-order valence-electron chi connectivity index (χ2n) is 7.92. The van der Waals surface area contributed by atoms with E-state index in [-0.39, 0.29) is 16.1 Å². The van der Waals surface area contributed by atoms with E-state index in [1.807, 2.05) is 51.1 Å². The van der Waals surface area contributed by atoms with Crippen LogP contribution in [0.4, 0.5) is 11.4 Å². The SMILES string of the molecule is CCCc1cc(=O)n2c(C(=O)Nc3ccc(I)cc3C)c(C(=O)Nc3ccccc3C)sc2n1. The minimum Gasteiger partial charge on any atom is -0.321 e. The van der Waals surface area contributed by atoms with Crippen molar-refractivity contribution in [1.29, 1.82) is 0 Å². The molecule has 0 bridgehead atoms. The molecule has 2 heterocycles. The third-order valence-corrected chi connectivity index (χ3v) is 7.04. The molecule has 2 amide bonds. The molecule has 0 spiro atoms. The Morgan fingerprint density at radius 2 is 1.71 bits per heavy atom. The van der Waals surface area contributed by atoms with E-state index < -0.39 is 11.8 Å². The van der Waals surface area contributed by atoms with Gasteiger partial charge in [-0.15, -0.1) is 0 Å². The van der Waals surface area contributed by atoms with Crippen LogP contribution >= 0.6 is 33.9 Å². The molecule has 0 radical (unpaired) electrons. The maximum absolute atomic E-state index is 13.5. The number of para-hydroxylation sites is 1. The number of amides is 2. The number of aromatic nitrogens is 2. The zero-order chi connectivity index (χ0) is 24.4. The van der Waals surface area contributed by atoms with Crippen molar-refractivity contribution in [1.82, 2.24) is 9.38 Å². The van der Waals surface area contributed by atoms with E-state index in [1.165, 1.54) is 10.5 Å². The van der Waals surface area contributed by atoms with Crippen LogP contribution in [-0.4, -0.2) is 21.2 Å². The first kappa shape index (κ1) is 24.1. The number of fused-ring (bicyclic) bond motifs is 1. The van der Waals surface area contributed by atoms with E-state index in [0.29, 0.717) is 28.5 Å². The number of hydrogen-bond donors (Lipinski definition) is 2. The zero-order valence-corrected chi connectivity index (χ0v) is 21.9. The number of carbonyl (C=O) groups excluding carboxylic acids is 2. The number of anilines is 2. The van der Waals surface area contributed by atoms with Gasteiger partial charge in [0.05, 0.1) is 0 Å². The fourth-order valence-electron chi connectivity index (χ4n) is 3.61. The Balaban J connectivity index is 1.83. The number of nitrogens with one attached hydrogen (secondary N) is 2.